The lowest BCUT2D eigenvalue weighted by Gasteiger charge is -2.06. The molecule has 0 atom stereocenters. The third-order valence-electron chi connectivity index (χ3n) is 2.87. The predicted molar refractivity (Wildman–Crippen MR) is 68.3 cm³/mol. The second kappa shape index (κ2) is 5.12. The molecule has 1 N–H and O–H groups in total. The number of aryl methyl sites for hydroxylation is 1. The third-order valence-corrected chi connectivity index (χ3v) is 2.87. The van der Waals surface area contributed by atoms with Crippen molar-refractivity contribution in [2.45, 2.75) is 26.7 Å². The molecule has 1 aromatic heterocycles. The van der Waals surface area contributed by atoms with Gasteiger partial charge in [-0.05, 0) is 25.5 Å². The fourth-order valence-corrected chi connectivity index (χ4v) is 1.92. The average Bonchev–Trinajstić information content (AvgIpc) is 2.68. The standard InChI is InChI=1S/C14H16O4/c1-3-4-8-17-10-6-5-7-11-12(10)9(2)13(18-11)14(15)16/h5-7H,3-4,8H2,1-2H3,(H,15,16). The molecule has 4 nitrogen and oxygen atoms in total. The van der Waals surface area contributed by atoms with Gasteiger partial charge < -0.3 is 14.3 Å². The second-order valence-electron chi connectivity index (χ2n) is 4.19. The summed E-state index contributed by atoms with van der Waals surface area (Å²) in [5, 5.41) is 9.79. The van der Waals surface area contributed by atoms with Crippen molar-refractivity contribution in [3.63, 3.8) is 0 Å². The Morgan fingerprint density at radius 2 is 2.22 bits per heavy atom. The van der Waals surface area contributed by atoms with Crippen LogP contribution in [0.25, 0.3) is 11.0 Å². The van der Waals surface area contributed by atoms with Crippen molar-refractivity contribution in [3.05, 3.63) is 29.5 Å². The fraction of sp³-hybridized carbons (Fsp3) is 0.357. The van der Waals surface area contributed by atoms with E-state index in [9.17, 15) is 4.79 Å². The van der Waals surface area contributed by atoms with E-state index < -0.39 is 5.97 Å². The molecule has 0 aliphatic rings. The zero-order chi connectivity index (χ0) is 13.1. The molecule has 0 saturated heterocycles. The number of fused-ring (bicyclic) bond motifs is 1. The lowest BCUT2D eigenvalue weighted by Crippen LogP contribution is -1.98. The number of unbranched alkanes of at least 4 members (excludes halogenated alkanes) is 1. The summed E-state index contributed by atoms with van der Waals surface area (Å²) in [5.41, 5.74) is 1.17. The van der Waals surface area contributed by atoms with E-state index in [1.165, 1.54) is 0 Å². The first kappa shape index (κ1) is 12.5. The van der Waals surface area contributed by atoms with Crippen LogP contribution < -0.4 is 4.74 Å². The van der Waals surface area contributed by atoms with Crippen molar-refractivity contribution in [2.75, 3.05) is 6.61 Å². The molecule has 0 radical (unpaired) electrons. The van der Waals surface area contributed by atoms with Crippen LogP contribution in [0.15, 0.2) is 22.6 Å². The number of benzene rings is 1. The van der Waals surface area contributed by atoms with Crippen LogP contribution in [0.4, 0.5) is 0 Å². The highest BCUT2D eigenvalue weighted by atomic mass is 16.5. The fourth-order valence-electron chi connectivity index (χ4n) is 1.92. The van der Waals surface area contributed by atoms with E-state index in [2.05, 4.69) is 6.92 Å². The van der Waals surface area contributed by atoms with Gasteiger partial charge in [-0.15, -0.1) is 0 Å². The summed E-state index contributed by atoms with van der Waals surface area (Å²) in [4.78, 5) is 11.0. The van der Waals surface area contributed by atoms with Gasteiger partial charge in [0.05, 0.1) is 12.0 Å². The summed E-state index contributed by atoms with van der Waals surface area (Å²) in [5.74, 6) is -0.380. The second-order valence-corrected chi connectivity index (χ2v) is 4.19. The normalized spacial score (nSPS) is 10.8. The minimum absolute atomic E-state index is 0.0171. The van der Waals surface area contributed by atoms with Gasteiger partial charge in [-0.3, -0.25) is 0 Å². The maximum absolute atomic E-state index is 11.0. The van der Waals surface area contributed by atoms with Crippen LogP contribution in [0.2, 0.25) is 0 Å². The number of hydrogen-bond acceptors (Lipinski definition) is 3. The van der Waals surface area contributed by atoms with Gasteiger partial charge in [-0.1, -0.05) is 19.4 Å². The number of ether oxygens (including phenoxy) is 1. The zero-order valence-electron chi connectivity index (χ0n) is 10.5. The molecular weight excluding hydrogens is 232 g/mol. The molecule has 0 spiro atoms. The summed E-state index contributed by atoms with van der Waals surface area (Å²) in [6.07, 6.45) is 2.03. The largest absolute Gasteiger partial charge is 0.493 e. The molecule has 96 valence electrons. The summed E-state index contributed by atoms with van der Waals surface area (Å²) in [6.45, 7) is 4.46. The molecular formula is C14H16O4. The lowest BCUT2D eigenvalue weighted by atomic mass is 10.1. The lowest BCUT2D eigenvalue weighted by molar-refractivity contribution is 0.0664. The van der Waals surface area contributed by atoms with Crippen LogP contribution in [-0.4, -0.2) is 17.7 Å². The minimum atomic E-state index is -1.05. The number of hydrogen-bond donors (Lipinski definition) is 1. The summed E-state index contributed by atoms with van der Waals surface area (Å²) in [6, 6.07) is 5.39. The highest BCUT2D eigenvalue weighted by molar-refractivity contribution is 5.97. The first-order valence-electron chi connectivity index (χ1n) is 6.03. The predicted octanol–water partition coefficient (Wildman–Crippen LogP) is 3.62. The molecule has 1 heterocycles. The maximum atomic E-state index is 11.0. The Hall–Kier alpha value is -1.97. The van der Waals surface area contributed by atoms with Gasteiger partial charge in [0.25, 0.3) is 0 Å². The monoisotopic (exact) mass is 248 g/mol. The molecule has 1 aromatic carbocycles. The van der Waals surface area contributed by atoms with Gasteiger partial charge >= 0.3 is 5.97 Å². The van der Waals surface area contributed by atoms with Gasteiger partial charge in [0.2, 0.25) is 5.76 Å². The van der Waals surface area contributed by atoms with E-state index in [4.69, 9.17) is 14.3 Å². The Kier molecular flexibility index (Phi) is 3.55. The molecule has 2 rings (SSSR count). The topological polar surface area (TPSA) is 59.7 Å². The smallest absolute Gasteiger partial charge is 0.372 e. The van der Waals surface area contributed by atoms with Gasteiger partial charge in [0.15, 0.2) is 0 Å². The Bertz CT molecular complexity index is 568. The Labute approximate surface area is 105 Å². The molecule has 0 fully saturated rings. The maximum Gasteiger partial charge on any atom is 0.372 e. The number of furan rings is 1. The van der Waals surface area contributed by atoms with E-state index in [1.54, 1.807) is 19.1 Å². The molecule has 0 aliphatic heterocycles. The first-order chi connectivity index (χ1) is 8.65. The van der Waals surface area contributed by atoms with Crippen molar-refractivity contribution in [2.24, 2.45) is 0 Å². The number of carboxylic acid groups (broad SMARTS) is 1. The highest BCUT2D eigenvalue weighted by Crippen LogP contribution is 2.33. The van der Waals surface area contributed by atoms with Crippen LogP contribution >= 0.6 is 0 Å². The van der Waals surface area contributed by atoms with Gasteiger partial charge in [-0.2, -0.15) is 0 Å². The Balaban J connectivity index is 2.44. The number of carbonyl (C=O) groups is 1. The van der Waals surface area contributed by atoms with Crippen LogP contribution in [0.3, 0.4) is 0 Å². The molecule has 0 amide bonds. The van der Waals surface area contributed by atoms with E-state index >= 15 is 0 Å². The SMILES string of the molecule is CCCCOc1cccc2oc(C(=O)O)c(C)c12. The number of rotatable bonds is 5. The summed E-state index contributed by atoms with van der Waals surface area (Å²) >= 11 is 0. The van der Waals surface area contributed by atoms with Crippen LogP contribution in [0.1, 0.15) is 35.9 Å². The minimum Gasteiger partial charge on any atom is -0.493 e. The third kappa shape index (κ3) is 2.18. The molecule has 0 saturated carbocycles. The molecule has 2 aromatic rings. The quantitative estimate of drug-likeness (QED) is 0.821. The molecule has 0 unspecified atom stereocenters. The number of carboxylic acids is 1. The Morgan fingerprint density at radius 3 is 2.89 bits per heavy atom. The summed E-state index contributed by atoms with van der Waals surface area (Å²) in [7, 11) is 0. The molecule has 0 bridgehead atoms. The number of aromatic carboxylic acids is 1. The van der Waals surface area contributed by atoms with Crippen molar-refractivity contribution >= 4 is 16.9 Å². The first-order valence-corrected chi connectivity index (χ1v) is 6.03. The van der Waals surface area contributed by atoms with Crippen molar-refractivity contribution in [1.29, 1.82) is 0 Å². The van der Waals surface area contributed by atoms with Crippen molar-refractivity contribution in [1.82, 2.24) is 0 Å². The van der Waals surface area contributed by atoms with Gasteiger partial charge in [0, 0.05) is 5.56 Å². The molecule has 4 heteroatoms. The van der Waals surface area contributed by atoms with Crippen LogP contribution in [0, 0.1) is 6.92 Å². The highest BCUT2D eigenvalue weighted by Gasteiger charge is 2.19. The summed E-state index contributed by atoms with van der Waals surface area (Å²) < 4.78 is 11.0. The van der Waals surface area contributed by atoms with Crippen molar-refractivity contribution < 1.29 is 19.1 Å². The van der Waals surface area contributed by atoms with Crippen molar-refractivity contribution in [3.8, 4) is 5.75 Å². The van der Waals surface area contributed by atoms with Gasteiger partial charge in [-0.25, -0.2) is 4.79 Å². The van der Waals surface area contributed by atoms with Crippen LogP contribution in [-0.2, 0) is 0 Å². The Morgan fingerprint density at radius 1 is 1.44 bits per heavy atom. The van der Waals surface area contributed by atoms with E-state index in [-0.39, 0.29) is 5.76 Å². The van der Waals surface area contributed by atoms with Gasteiger partial charge in [0.1, 0.15) is 11.3 Å². The van der Waals surface area contributed by atoms with E-state index in [0.717, 1.165) is 18.2 Å². The van der Waals surface area contributed by atoms with Crippen LogP contribution in [0.5, 0.6) is 5.75 Å². The molecule has 0 aliphatic carbocycles. The average molecular weight is 248 g/mol. The van der Waals surface area contributed by atoms with E-state index in [1.807, 2.05) is 6.07 Å². The zero-order valence-corrected chi connectivity index (χ0v) is 10.5. The van der Waals surface area contributed by atoms with E-state index in [0.29, 0.717) is 23.5 Å². The molecule has 18 heavy (non-hydrogen) atoms.